The maximum atomic E-state index is 13.4. The van der Waals surface area contributed by atoms with Crippen LogP contribution >= 0.6 is 0 Å². The van der Waals surface area contributed by atoms with Crippen LogP contribution in [0.3, 0.4) is 0 Å². The van der Waals surface area contributed by atoms with Crippen molar-refractivity contribution in [3.63, 3.8) is 0 Å². The van der Waals surface area contributed by atoms with E-state index in [-0.39, 0.29) is 24.1 Å². The zero-order valence-corrected chi connectivity index (χ0v) is 22.0. The molecule has 3 aromatic rings. The summed E-state index contributed by atoms with van der Waals surface area (Å²) in [4.78, 5) is 42.8. The first-order chi connectivity index (χ1) is 17.8. The summed E-state index contributed by atoms with van der Waals surface area (Å²) in [5.41, 5.74) is 2.51. The number of hydrogen-bond donors (Lipinski definition) is 1. The van der Waals surface area contributed by atoms with Crippen LogP contribution < -0.4 is 15.0 Å². The summed E-state index contributed by atoms with van der Waals surface area (Å²) in [6.07, 6.45) is 0.725. The molecule has 7 heteroatoms. The van der Waals surface area contributed by atoms with Crippen molar-refractivity contribution in [3.8, 4) is 5.75 Å². The summed E-state index contributed by atoms with van der Waals surface area (Å²) in [5, 5.41) is 4.95. The molecular weight excluding hydrogens is 466 g/mol. The van der Waals surface area contributed by atoms with E-state index >= 15 is 0 Å². The lowest BCUT2D eigenvalue weighted by molar-refractivity contribution is -0.140. The first-order valence-corrected chi connectivity index (χ1v) is 12.8. The average molecular weight is 502 g/mol. The number of nitrogens with zero attached hydrogens (tertiary/aromatic N) is 2. The van der Waals surface area contributed by atoms with Gasteiger partial charge >= 0.3 is 0 Å². The summed E-state index contributed by atoms with van der Waals surface area (Å²) in [5.74, 6) is 0.720. The molecule has 0 saturated heterocycles. The van der Waals surface area contributed by atoms with Crippen molar-refractivity contribution in [2.24, 2.45) is 5.92 Å². The Labute approximate surface area is 218 Å². The fourth-order valence-corrected chi connectivity index (χ4v) is 4.70. The first kappa shape index (κ1) is 26.2. The van der Waals surface area contributed by atoms with E-state index in [2.05, 4.69) is 5.32 Å². The second-order valence-corrected chi connectivity index (χ2v) is 9.93. The molecule has 1 aliphatic heterocycles. The van der Waals surface area contributed by atoms with Gasteiger partial charge in [0.1, 0.15) is 11.8 Å². The topological polar surface area (TPSA) is 79.0 Å². The zero-order chi connectivity index (χ0) is 26.5. The molecule has 7 nitrogen and oxygen atoms in total. The predicted octanol–water partition coefficient (Wildman–Crippen LogP) is 4.78. The number of carbonyl (C=O) groups is 3. The summed E-state index contributed by atoms with van der Waals surface area (Å²) < 4.78 is 5.24. The van der Waals surface area contributed by atoms with Gasteiger partial charge in [-0.05, 0) is 54.5 Å². The standard InChI is InChI=1S/C30H35N3O4/c1-20(2)18-31-29(35)21(3)33(19-22-13-15-24(37-4)16-14-22)27(34)12-7-17-32-26-11-6-9-23-8-5-10-25(28(23)26)30(32)36/h5-6,8-11,13-16,20-21H,7,12,17-19H2,1-4H3,(H,31,35)/t21-/m0/s1. The number of benzene rings is 3. The van der Waals surface area contributed by atoms with Gasteiger partial charge in [0, 0.05) is 37.0 Å². The number of carbonyl (C=O) groups excluding carboxylic acids is 3. The molecule has 1 atom stereocenters. The van der Waals surface area contributed by atoms with Crippen LogP contribution in [0.1, 0.15) is 49.5 Å². The van der Waals surface area contributed by atoms with Gasteiger partial charge < -0.3 is 19.9 Å². The third-order valence-electron chi connectivity index (χ3n) is 6.79. The van der Waals surface area contributed by atoms with Crippen LogP contribution in [-0.4, -0.2) is 48.9 Å². The number of hydrogen-bond acceptors (Lipinski definition) is 4. The van der Waals surface area contributed by atoms with Crippen LogP contribution in [0, 0.1) is 5.92 Å². The Hall–Kier alpha value is -3.87. The Balaban J connectivity index is 1.45. The number of nitrogens with one attached hydrogen (secondary N) is 1. The van der Waals surface area contributed by atoms with E-state index in [1.54, 1.807) is 23.8 Å². The van der Waals surface area contributed by atoms with Crippen LogP contribution in [0.2, 0.25) is 0 Å². The van der Waals surface area contributed by atoms with Crippen molar-refractivity contribution in [3.05, 3.63) is 71.8 Å². The van der Waals surface area contributed by atoms with Gasteiger partial charge in [-0.1, -0.05) is 50.2 Å². The maximum absolute atomic E-state index is 13.4. The largest absolute Gasteiger partial charge is 0.497 e. The minimum Gasteiger partial charge on any atom is -0.497 e. The highest BCUT2D eigenvalue weighted by Crippen LogP contribution is 2.37. The van der Waals surface area contributed by atoms with Gasteiger partial charge in [-0.15, -0.1) is 0 Å². The number of rotatable bonds is 11. The first-order valence-electron chi connectivity index (χ1n) is 12.8. The number of anilines is 1. The van der Waals surface area contributed by atoms with E-state index in [1.165, 1.54) is 0 Å². The SMILES string of the molecule is COc1ccc(CN(C(=O)CCCN2C(=O)c3cccc4cccc2c34)[C@@H](C)C(=O)NCC(C)C)cc1. The molecule has 0 radical (unpaired) electrons. The molecule has 0 saturated carbocycles. The van der Waals surface area contributed by atoms with E-state index in [0.29, 0.717) is 37.5 Å². The molecule has 0 aromatic heterocycles. The molecule has 3 amide bonds. The fraction of sp³-hybridized carbons (Fsp3) is 0.367. The van der Waals surface area contributed by atoms with E-state index in [4.69, 9.17) is 4.74 Å². The molecule has 1 heterocycles. The van der Waals surface area contributed by atoms with Gasteiger partial charge in [-0.3, -0.25) is 14.4 Å². The molecule has 1 aliphatic rings. The molecule has 1 N–H and O–H groups in total. The van der Waals surface area contributed by atoms with Crippen molar-refractivity contribution >= 4 is 34.2 Å². The smallest absolute Gasteiger partial charge is 0.258 e. The Morgan fingerprint density at radius 3 is 2.38 bits per heavy atom. The van der Waals surface area contributed by atoms with Crippen molar-refractivity contribution < 1.29 is 19.1 Å². The second kappa shape index (κ2) is 11.5. The van der Waals surface area contributed by atoms with Gasteiger partial charge in [0.15, 0.2) is 0 Å². The highest BCUT2D eigenvalue weighted by atomic mass is 16.5. The van der Waals surface area contributed by atoms with Crippen molar-refractivity contribution in [2.75, 3.05) is 25.1 Å². The molecule has 0 fully saturated rings. The van der Waals surface area contributed by atoms with E-state index in [1.807, 2.05) is 74.5 Å². The number of amides is 3. The van der Waals surface area contributed by atoms with E-state index in [0.717, 1.165) is 27.8 Å². The average Bonchev–Trinajstić information content (AvgIpc) is 3.18. The van der Waals surface area contributed by atoms with Crippen LogP contribution in [-0.2, 0) is 16.1 Å². The maximum Gasteiger partial charge on any atom is 0.258 e. The minimum atomic E-state index is -0.625. The van der Waals surface area contributed by atoms with Crippen LogP contribution in [0.5, 0.6) is 5.75 Å². The lowest BCUT2D eigenvalue weighted by atomic mass is 10.1. The zero-order valence-electron chi connectivity index (χ0n) is 22.0. The number of methoxy groups -OCH3 is 1. The molecule has 0 bridgehead atoms. The Kier molecular flexibility index (Phi) is 8.11. The van der Waals surface area contributed by atoms with E-state index in [9.17, 15) is 14.4 Å². The van der Waals surface area contributed by atoms with Crippen molar-refractivity contribution in [2.45, 2.75) is 46.2 Å². The minimum absolute atomic E-state index is 0.0317. The van der Waals surface area contributed by atoms with E-state index < -0.39 is 6.04 Å². The van der Waals surface area contributed by atoms with Gasteiger partial charge in [-0.2, -0.15) is 0 Å². The normalized spacial score (nSPS) is 13.2. The highest BCUT2D eigenvalue weighted by molar-refractivity contribution is 6.25. The molecule has 0 aliphatic carbocycles. The Bertz CT molecular complexity index is 1280. The third kappa shape index (κ3) is 5.77. The van der Waals surface area contributed by atoms with Gasteiger partial charge in [0.2, 0.25) is 11.8 Å². The lowest BCUT2D eigenvalue weighted by Gasteiger charge is -2.29. The van der Waals surface area contributed by atoms with Gasteiger partial charge in [-0.25, -0.2) is 0 Å². The molecule has 194 valence electrons. The highest BCUT2D eigenvalue weighted by Gasteiger charge is 2.30. The molecular formula is C30H35N3O4. The van der Waals surface area contributed by atoms with Gasteiger partial charge in [0.25, 0.3) is 5.91 Å². The summed E-state index contributed by atoms with van der Waals surface area (Å²) in [7, 11) is 1.61. The monoisotopic (exact) mass is 501 g/mol. The summed E-state index contributed by atoms with van der Waals surface area (Å²) in [6.45, 7) is 7.12. The van der Waals surface area contributed by atoms with Gasteiger partial charge in [0.05, 0.1) is 12.8 Å². The third-order valence-corrected chi connectivity index (χ3v) is 6.79. The Morgan fingerprint density at radius 2 is 1.70 bits per heavy atom. The quantitative estimate of drug-likeness (QED) is 0.410. The van der Waals surface area contributed by atoms with Crippen molar-refractivity contribution in [1.82, 2.24) is 10.2 Å². The molecule has 37 heavy (non-hydrogen) atoms. The van der Waals surface area contributed by atoms with Crippen LogP contribution in [0.25, 0.3) is 10.8 Å². The van der Waals surface area contributed by atoms with Crippen LogP contribution in [0.4, 0.5) is 5.69 Å². The van der Waals surface area contributed by atoms with Crippen LogP contribution in [0.15, 0.2) is 60.7 Å². The molecule has 4 rings (SSSR count). The molecule has 0 spiro atoms. The second-order valence-electron chi connectivity index (χ2n) is 9.93. The fourth-order valence-electron chi connectivity index (χ4n) is 4.70. The molecule has 0 unspecified atom stereocenters. The summed E-state index contributed by atoms with van der Waals surface area (Å²) in [6, 6.07) is 18.5. The number of ether oxygens (including phenoxy) is 1. The summed E-state index contributed by atoms with van der Waals surface area (Å²) >= 11 is 0. The molecule has 3 aromatic carbocycles. The van der Waals surface area contributed by atoms with Crippen molar-refractivity contribution in [1.29, 1.82) is 0 Å². The Morgan fingerprint density at radius 1 is 1.00 bits per heavy atom. The lowest BCUT2D eigenvalue weighted by Crippen LogP contribution is -2.48. The predicted molar refractivity (Wildman–Crippen MR) is 146 cm³/mol.